The third-order valence-electron chi connectivity index (χ3n) is 2.40. The zero-order valence-electron chi connectivity index (χ0n) is 9.76. The van der Waals surface area contributed by atoms with Gasteiger partial charge in [-0.2, -0.15) is 5.26 Å². The van der Waals surface area contributed by atoms with Crippen LogP contribution in [0.5, 0.6) is 0 Å². The van der Waals surface area contributed by atoms with E-state index in [9.17, 15) is 4.79 Å². The predicted molar refractivity (Wildman–Crippen MR) is 62.4 cm³/mol. The van der Waals surface area contributed by atoms with E-state index in [-0.39, 0.29) is 5.69 Å². The first-order valence-electron chi connectivity index (χ1n) is 5.46. The van der Waals surface area contributed by atoms with Crippen LogP contribution in [-0.4, -0.2) is 34.0 Å². The number of nitriles is 1. The third-order valence-corrected chi connectivity index (χ3v) is 2.40. The predicted octanol–water partition coefficient (Wildman–Crippen LogP) is 1.52. The summed E-state index contributed by atoms with van der Waals surface area (Å²) in [6, 6.07) is 7.04. The van der Waals surface area contributed by atoms with Gasteiger partial charge in [-0.15, -0.1) is 0 Å². The molecular formula is C12H15N3O2. The van der Waals surface area contributed by atoms with Gasteiger partial charge in [0.05, 0.1) is 11.8 Å². The Kier molecular flexibility index (Phi) is 5.11. The molecule has 5 nitrogen and oxygen atoms in total. The Morgan fingerprint density at radius 3 is 2.94 bits per heavy atom. The maximum atomic E-state index is 10.8. The minimum Gasteiger partial charge on any atom is -0.477 e. The molecule has 0 saturated carbocycles. The fourth-order valence-electron chi connectivity index (χ4n) is 1.47. The van der Waals surface area contributed by atoms with Crippen LogP contribution in [0.25, 0.3) is 0 Å². The summed E-state index contributed by atoms with van der Waals surface area (Å²) >= 11 is 0. The maximum absolute atomic E-state index is 10.8. The molecule has 0 atom stereocenters. The zero-order chi connectivity index (χ0) is 12.7. The second kappa shape index (κ2) is 6.61. The fraction of sp³-hybridized carbons (Fsp3) is 0.417. The van der Waals surface area contributed by atoms with Gasteiger partial charge in [-0.25, -0.2) is 9.78 Å². The van der Waals surface area contributed by atoms with Crippen molar-refractivity contribution in [2.45, 2.75) is 19.9 Å². The summed E-state index contributed by atoms with van der Waals surface area (Å²) in [6.45, 7) is 4.05. The number of carbonyl (C=O) groups is 1. The lowest BCUT2D eigenvalue weighted by Crippen LogP contribution is -2.24. The highest BCUT2D eigenvalue weighted by Gasteiger charge is 2.08. The molecule has 1 rings (SSSR count). The molecular weight excluding hydrogens is 218 g/mol. The van der Waals surface area contributed by atoms with Gasteiger partial charge in [0.25, 0.3) is 0 Å². The molecule has 5 heteroatoms. The summed E-state index contributed by atoms with van der Waals surface area (Å²) in [5.74, 6) is -1.02. The molecule has 1 aromatic rings. The Labute approximate surface area is 100 Å². The number of hydrogen-bond acceptors (Lipinski definition) is 4. The Morgan fingerprint density at radius 1 is 1.59 bits per heavy atom. The minimum atomic E-state index is -1.02. The number of carboxylic acid groups (broad SMARTS) is 1. The van der Waals surface area contributed by atoms with Crippen molar-refractivity contribution in [3.8, 4) is 6.07 Å². The van der Waals surface area contributed by atoms with Gasteiger partial charge in [0, 0.05) is 19.5 Å². The van der Waals surface area contributed by atoms with Crippen LogP contribution in [0, 0.1) is 11.3 Å². The van der Waals surface area contributed by atoms with Gasteiger partial charge in [-0.1, -0.05) is 13.0 Å². The van der Waals surface area contributed by atoms with Gasteiger partial charge in [0.15, 0.2) is 0 Å². The first kappa shape index (κ1) is 13.1. The van der Waals surface area contributed by atoms with Crippen molar-refractivity contribution < 1.29 is 9.90 Å². The lowest BCUT2D eigenvalue weighted by molar-refractivity contribution is 0.0690. The van der Waals surface area contributed by atoms with Crippen molar-refractivity contribution in [1.82, 2.24) is 9.88 Å². The van der Waals surface area contributed by atoms with Crippen molar-refractivity contribution in [3.63, 3.8) is 0 Å². The number of aromatic carboxylic acids is 1. The molecule has 0 aliphatic carbocycles. The van der Waals surface area contributed by atoms with Crippen LogP contribution in [0.3, 0.4) is 0 Å². The molecule has 0 aromatic carbocycles. The van der Waals surface area contributed by atoms with Crippen LogP contribution in [0.15, 0.2) is 18.2 Å². The van der Waals surface area contributed by atoms with E-state index >= 15 is 0 Å². The minimum absolute atomic E-state index is 0.0545. The van der Waals surface area contributed by atoms with Crippen LogP contribution >= 0.6 is 0 Å². The van der Waals surface area contributed by atoms with E-state index < -0.39 is 5.97 Å². The molecule has 1 aromatic heterocycles. The molecule has 17 heavy (non-hydrogen) atoms. The quantitative estimate of drug-likeness (QED) is 0.806. The van der Waals surface area contributed by atoms with Gasteiger partial charge in [0.1, 0.15) is 5.69 Å². The fourth-order valence-corrected chi connectivity index (χ4v) is 1.47. The molecule has 0 unspecified atom stereocenters. The molecule has 0 bridgehead atoms. The topological polar surface area (TPSA) is 77.2 Å². The monoisotopic (exact) mass is 233 g/mol. The van der Waals surface area contributed by atoms with E-state index in [1.165, 1.54) is 6.07 Å². The lowest BCUT2D eigenvalue weighted by Gasteiger charge is -2.18. The number of aromatic nitrogens is 1. The van der Waals surface area contributed by atoms with Crippen LogP contribution in [0.2, 0.25) is 0 Å². The Bertz CT molecular complexity index is 426. The molecule has 0 aliphatic heterocycles. The van der Waals surface area contributed by atoms with Gasteiger partial charge in [-0.05, 0) is 18.7 Å². The largest absolute Gasteiger partial charge is 0.477 e. The van der Waals surface area contributed by atoms with Crippen molar-refractivity contribution in [1.29, 1.82) is 5.26 Å². The summed E-state index contributed by atoms with van der Waals surface area (Å²) in [6.07, 6.45) is 0.465. The number of pyridine rings is 1. The molecule has 0 spiro atoms. The maximum Gasteiger partial charge on any atom is 0.354 e. The number of carboxylic acids is 1. The number of hydrogen-bond donors (Lipinski definition) is 1. The average molecular weight is 233 g/mol. The van der Waals surface area contributed by atoms with Crippen LogP contribution < -0.4 is 0 Å². The molecule has 0 fully saturated rings. The van der Waals surface area contributed by atoms with Gasteiger partial charge < -0.3 is 5.11 Å². The number of rotatable bonds is 6. The zero-order valence-corrected chi connectivity index (χ0v) is 9.76. The Morgan fingerprint density at radius 2 is 2.35 bits per heavy atom. The summed E-state index contributed by atoms with van der Waals surface area (Å²) in [4.78, 5) is 16.9. The first-order chi connectivity index (χ1) is 8.17. The Hall–Kier alpha value is -1.93. The van der Waals surface area contributed by atoms with Gasteiger partial charge in [0.2, 0.25) is 0 Å². The number of nitrogens with zero attached hydrogens (tertiary/aromatic N) is 3. The van der Waals surface area contributed by atoms with Crippen molar-refractivity contribution in [2.75, 3.05) is 13.1 Å². The average Bonchev–Trinajstić information content (AvgIpc) is 2.34. The van der Waals surface area contributed by atoms with Crippen molar-refractivity contribution >= 4 is 5.97 Å². The lowest BCUT2D eigenvalue weighted by atomic mass is 10.2. The first-order valence-corrected chi connectivity index (χ1v) is 5.46. The summed E-state index contributed by atoms with van der Waals surface area (Å²) in [7, 11) is 0. The van der Waals surface area contributed by atoms with Crippen LogP contribution in [0.4, 0.5) is 0 Å². The smallest absolute Gasteiger partial charge is 0.354 e. The standard InChI is InChI=1S/C12H15N3O2/c1-2-15(8-4-7-13)9-10-5-3-6-11(14-10)12(16)17/h3,5-6H,2,4,8-9H2,1H3,(H,16,17). The van der Waals surface area contributed by atoms with Crippen molar-refractivity contribution in [2.24, 2.45) is 0 Å². The highest BCUT2D eigenvalue weighted by atomic mass is 16.4. The van der Waals surface area contributed by atoms with Gasteiger partial charge >= 0.3 is 5.97 Å². The Balaban J connectivity index is 2.69. The molecule has 1 heterocycles. The summed E-state index contributed by atoms with van der Waals surface area (Å²) < 4.78 is 0. The summed E-state index contributed by atoms with van der Waals surface area (Å²) in [5.41, 5.74) is 0.767. The highest BCUT2D eigenvalue weighted by molar-refractivity contribution is 5.85. The van der Waals surface area contributed by atoms with E-state index in [4.69, 9.17) is 10.4 Å². The molecule has 0 amide bonds. The van der Waals surface area contributed by atoms with Crippen molar-refractivity contribution in [3.05, 3.63) is 29.6 Å². The molecule has 1 N–H and O–H groups in total. The summed E-state index contributed by atoms with van der Waals surface area (Å²) in [5, 5.41) is 17.3. The van der Waals surface area contributed by atoms with Crippen LogP contribution in [-0.2, 0) is 6.54 Å². The second-order valence-corrected chi connectivity index (χ2v) is 3.60. The molecule has 90 valence electrons. The SMILES string of the molecule is CCN(CCC#N)Cc1cccc(C(=O)O)n1. The molecule has 0 saturated heterocycles. The van der Waals surface area contributed by atoms with Crippen LogP contribution in [0.1, 0.15) is 29.5 Å². The van der Waals surface area contributed by atoms with Gasteiger partial charge in [-0.3, -0.25) is 4.90 Å². The van der Waals surface area contributed by atoms with E-state index in [0.717, 1.165) is 6.54 Å². The van der Waals surface area contributed by atoms with E-state index in [0.29, 0.717) is 25.2 Å². The normalized spacial score (nSPS) is 10.2. The molecule has 0 radical (unpaired) electrons. The molecule has 0 aliphatic rings. The second-order valence-electron chi connectivity index (χ2n) is 3.60. The van der Waals surface area contributed by atoms with E-state index in [2.05, 4.69) is 16.0 Å². The van der Waals surface area contributed by atoms with E-state index in [1.807, 2.05) is 6.92 Å². The third kappa shape index (κ3) is 4.21. The van der Waals surface area contributed by atoms with E-state index in [1.54, 1.807) is 12.1 Å². The highest BCUT2D eigenvalue weighted by Crippen LogP contribution is 2.04.